The average Bonchev–Trinajstić information content (AvgIpc) is 2.51. The maximum Gasteiger partial charge on any atom is 0.216 e. The van der Waals surface area contributed by atoms with Crippen molar-refractivity contribution in [3.8, 4) is 0 Å². The van der Waals surface area contributed by atoms with Crippen LogP contribution in [0, 0.1) is 6.92 Å². The maximum atomic E-state index is 12.4. The van der Waals surface area contributed by atoms with Crippen molar-refractivity contribution in [1.82, 2.24) is 9.99 Å². The lowest BCUT2D eigenvalue weighted by Gasteiger charge is -1.89. The number of aryl methyl sites for hydroxylation is 1. The van der Waals surface area contributed by atoms with E-state index in [1.807, 2.05) is 13.8 Å². The Hall–Kier alpha value is -2.04. The van der Waals surface area contributed by atoms with Gasteiger partial charge < -0.3 is 11.2 Å². The van der Waals surface area contributed by atoms with Crippen LogP contribution in [0.2, 0.25) is 0 Å². The van der Waals surface area contributed by atoms with E-state index in [1.165, 1.54) is 24.6 Å². The highest BCUT2D eigenvalue weighted by Crippen LogP contribution is 1.91. The number of nitrogens with zero attached hydrogens (tertiary/aromatic N) is 1. The number of nitrogen functional groups attached to an aromatic ring is 1. The molecular formula is C14H22FN3O. The monoisotopic (exact) mass is 267 g/mol. The Kier molecular flexibility index (Phi) is 7.26. The minimum Gasteiger partial charge on any atom is -0.357 e. The molecule has 0 bridgehead atoms. The van der Waals surface area contributed by atoms with Gasteiger partial charge in [0.05, 0.1) is 11.2 Å². The van der Waals surface area contributed by atoms with Crippen LogP contribution in [0.25, 0.3) is 12.7 Å². The molecule has 1 aromatic rings. The third kappa shape index (κ3) is 6.45. The number of nitrogens with one attached hydrogen (secondary N) is 1. The van der Waals surface area contributed by atoms with Crippen molar-refractivity contribution in [2.24, 2.45) is 0 Å². The van der Waals surface area contributed by atoms with Crippen LogP contribution in [0.5, 0.6) is 0 Å². The second kappa shape index (κ2) is 8.13. The molecule has 5 heteroatoms. The molecule has 3 N–H and O–H groups in total. The van der Waals surface area contributed by atoms with Crippen molar-refractivity contribution in [3.05, 3.63) is 34.2 Å². The van der Waals surface area contributed by atoms with Gasteiger partial charge in [0.2, 0.25) is 5.91 Å². The molecule has 1 amide bonds. The van der Waals surface area contributed by atoms with E-state index in [0.717, 1.165) is 22.7 Å². The number of hydrogen-bond donors (Lipinski definition) is 2. The summed E-state index contributed by atoms with van der Waals surface area (Å²) in [6.07, 6.45) is 4.74. The molecule has 106 valence electrons. The molecule has 0 unspecified atom stereocenters. The molecule has 0 aliphatic rings. The smallest absolute Gasteiger partial charge is 0.216 e. The van der Waals surface area contributed by atoms with Crippen LogP contribution in [0.4, 0.5) is 4.39 Å². The summed E-state index contributed by atoms with van der Waals surface area (Å²) in [4.78, 5) is 9.93. The molecule has 1 heterocycles. The fourth-order valence-electron chi connectivity index (χ4n) is 1.34. The SMILES string of the molecule is C=c1c(C)cn(N)/c1=C/C=C(\C)F.CCNC(C)=O. The van der Waals surface area contributed by atoms with Crippen molar-refractivity contribution >= 4 is 18.6 Å². The minimum absolute atomic E-state index is 0.0394. The first-order chi connectivity index (χ1) is 8.79. The minimum atomic E-state index is -0.252. The fraction of sp³-hybridized carbons (Fsp3) is 0.357. The Morgan fingerprint density at radius 3 is 2.42 bits per heavy atom. The number of carbonyl (C=O) groups is 1. The van der Waals surface area contributed by atoms with Gasteiger partial charge in [0.25, 0.3) is 0 Å². The van der Waals surface area contributed by atoms with Crippen LogP contribution in [0.3, 0.4) is 0 Å². The summed E-state index contributed by atoms with van der Waals surface area (Å²) in [6, 6.07) is 0. The lowest BCUT2D eigenvalue weighted by Crippen LogP contribution is -2.32. The van der Waals surface area contributed by atoms with Crippen molar-refractivity contribution < 1.29 is 9.18 Å². The van der Waals surface area contributed by atoms with Gasteiger partial charge in [0.15, 0.2) is 0 Å². The highest BCUT2D eigenvalue weighted by molar-refractivity contribution is 5.72. The third-order valence-electron chi connectivity index (χ3n) is 2.29. The molecule has 0 saturated heterocycles. The normalized spacial score (nSPS) is 11.8. The van der Waals surface area contributed by atoms with Crippen LogP contribution in [0.15, 0.2) is 18.1 Å². The zero-order valence-corrected chi connectivity index (χ0v) is 12.0. The highest BCUT2D eigenvalue weighted by atomic mass is 19.1. The largest absolute Gasteiger partial charge is 0.357 e. The predicted molar refractivity (Wildman–Crippen MR) is 77.8 cm³/mol. The molecule has 0 radical (unpaired) electrons. The van der Waals surface area contributed by atoms with Crippen molar-refractivity contribution in [2.75, 3.05) is 12.4 Å². The molecule has 0 aliphatic carbocycles. The summed E-state index contributed by atoms with van der Waals surface area (Å²) in [5.41, 5.74) is 0.999. The summed E-state index contributed by atoms with van der Waals surface area (Å²) in [5, 5.41) is 4.13. The molecule has 0 spiro atoms. The number of amides is 1. The van der Waals surface area contributed by atoms with Gasteiger partial charge in [-0.15, -0.1) is 0 Å². The van der Waals surface area contributed by atoms with E-state index in [-0.39, 0.29) is 11.7 Å². The van der Waals surface area contributed by atoms with E-state index < -0.39 is 0 Å². The van der Waals surface area contributed by atoms with Crippen LogP contribution in [-0.4, -0.2) is 17.1 Å². The third-order valence-corrected chi connectivity index (χ3v) is 2.29. The summed E-state index contributed by atoms with van der Waals surface area (Å²) >= 11 is 0. The summed E-state index contributed by atoms with van der Waals surface area (Å²) < 4.78 is 13.9. The van der Waals surface area contributed by atoms with Crippen LogP contribution < -0.4 is 21.7 Å². The van der Waals surface area contributed by atoms with Gasteiger partial charge >= 0.3 is 0 Å². The Bertz CT molecular complexity index is 554. The van der Waals surface area contributed by atoms with Gasteiger partial charge in [-0.05, 0) is 43.7 Å². The van der Waals surface area contributed by atoms with E-state index >= 15 is 0 Å². The van der Waals surface area contributed by atoms with E-state index in [9.17, 15) is 9.18 Å². The van der Waals surface area contributed by atoms with E-state index in [0.29, 0.717) is 0 Å². The number of rotatable bonds is 2. The van der Waals surface area contributed by atoms with Gasteiger partial charge in [-0.1, -0.05) is 6.58 Å². The first-order valence-electron chi connectivity index (χ1n) is 6.00. The second-order valence-electron chi connectivity index (χ2n) is 4.09. The quantitative estimate of drug-likeness (QED) is 0.776. The lowest BCUT2D eigenvalue weighted by molar-refractivity contribution is -0.118. The molecule has 4 nitrogen and oxygen atoms in total. The Labute approximate surface area is 113 Å². The molecular weight excluding hydrogens is 245 g/mol. The van der Waals surface area contributed by atoms with Crippen molar-refractivity contribution in [3.63, 3.8) is 0 Å². The number of carbonyl (C=O) groups excluding carboxylic acids is 1. The zero-order valence-electron chi connectivity index (χ0n) is 12.0. The molecule has 1 rings (SSSR count). The number of hydrogen-bond acceptors (Lipinski definition) is 2. The zero-order chi connectivity index (χ0) is 15.0. The number of aromatic nitrogens is 1. The van der Waals surface area contributed by atoms with E-state index in [1.54, 1.807) is 12.3 Å². The number of allylic oxidation sites excluding steroid dienone is 2. The van der Waals surface area contributed by atoms with E-state index in [2.05, 4.69) is 11.9 Å². The summed E-state index contributed by atoms with van der Waals surface area (Å²) in [6.45, 7) is 11.3. The topological polar surface area (TPSA) is 60.0 Å². The van der Waals surface area contributed by atoms with Gasteiger partial charge in [0, 0.05) is 19.7 Å². The van der Waals surface area contributed by atoms with Crippen LogP contribution in [-0.2, 0) is 4.79 Å². The Morgan fingerprint density at radius 2 is 2.16 bits per heavy atom. The van der Waals surface area contributed by atoms with E-state index in [4.69, 9.17) is 5.84 Å². The molecule has 0 aromatic carbocycles. The number of halogens is 1. The fourth-order valence-corrected chi connectivity index (χ4v) is 1.34. The molecule has 0 fully saturated rings. The van der Waals surface area contributed by atoms with Crippen LogP contribution >= 0.6 is 0 Å². The Balaban J connectivity index is 0.000000459. The molecule has 0 aliphatic heterocycles. The molecule has 19 heavy (non-hydrogen) atoms. The number of nitrogens with two attached hydrogens (primary N) is 1. The van der Waals surface area contributed by atoms with Gasteiger partial charge in [0.1, 0.15) is 0 Å². The summed E-state index contributed by atoms with van der Waals surface area (Å²) in [7, 11) is 0. The molecule has 1 aromatic heterocycles. The second-order valence-corrected chi connectivity index (χ2v) is 4.09. The molecule has 0 saturated carbocycles. The summed E-state index contributed by atoms with van der Waals surface area (Å²) in [5.74, 6) is 5.41. The first-order valence-corrected chi connectivity index (χ1v) is 6.00. The van der Waals surface area contributed by atoms with Gasteiger partial charge in [-0.2, -0.15) is 0 Å². The van der Waals surface area contributed by atoms with Crippen LogP contribution in [0.1, 0.15) is 26.3 Å². The maximum absolute atomic E-state index is 12.4. The first kappa shape index (κ1) is 17.0. The van der Waals surface area contributed by atoms with Gasteiger partial charge in [-0.25, -0.2) is 4.39 Å². The van der Waals surface area contributed by atoms with Crippen molar-refractivity contribution in [1.29, 1.82) is 0 Å². The molecule has 0 atom stereocenters. The average molecular weight is 267 g/mol. The van der Waals surface area contributed by atoms with Crippen molar-refractivity contribution in [2.45, 2.75) is 27.7 Å². The predicted octanol–water partition coefficient (Wildman–Crippen LogP) is 0.717. The highest BCUT2D eigenvalue weighted by Gasteiger charge is 1.94. The lowest BCUT2D eigenvalue weighted by atomic mass is 10.3. The van der Waals surface area contributed by atoms with Gasteiger partial charge in [-0.3, -0.25) is 9.47 Å². The Morgan fingerprint density at radius 1 is 1.58 bits per heavy atom. The standard InChI is InChI=1S/C10H13FN2.C4H9NO/c1-7-6-13(12)10(9(7)3)5-4-8(2)11;1-3-5-4(2)6/h4-6H,3,12H2,1-2H3;3H2,1-2H3,(H,5,6)/b8-4+,10-5+;.